The first-order chi connectivity index (χ1) is 9.84. The molecule has 5 heteroatoms. The van der Waals surface area contributed by atoms with E-state index < -0.39 is 7.12 Å². The highest BCUT2D eigenvalue weighted by atomic mass is 16.7. The van der Waals surface area contributed by atoms with Crippen LogP contribution < -0.4 is 15.5 Å². The normalized spacial score (nSPS) is 23.2. The van der Waals surface area contributed by atoms with Gasteiger partial charge in [0.05, 0.1) is 23.0 Å². The van der Waals surface area contributed by atoms with E-state index in [1.54, 1.807) is 0 Å². The van der Waals surface area contributed by atoms with E-state index in [9.17, 15) is 0 Å². The molecule has 0 aromatic heterocycles. The monoisotopic (exact) mass is 289 g/mol. The molecule has 0 amide bonds. The lowest BCUT2D eigenvalue weighted by Crippen LogP contribution is -2.41. The van der Waals surface area contributed by atoms with Crippen LogP contribution in [0.2, 0.25) is 0 Å². The summed E-state index contributed by atoms with van der Waals surface area (Å²) in [5.41, 5.74) is 1.26. The maximum absolute atomic E-state index is 6.16. The second kappa shape index (κ2) is 4.92. The van der Waals surface area contributed by atoms with Crippen molar-refractivity contribution in [2.24, 2.45) is 0 Å². The Balaban J connectivity index is 1.95. The molecule has 1 heterocycles. The van der Waals surface area contributed by atoms with Crippen LogP contribution in [0.1, 0.15) is 40.5 Å². The average molecular weight is 289 g/mol. The van der Waals surface area contributed by atoms with Crippen LogP contribution in [0, 0.1) is 0 Å². The maximum atomic E-state index is 6.16. The molecule has 0 radical (unpaired) electrons. The molecule has 1 aromatic carbocycles. The summed E-state index contributed by atoms with van der Waals surface area (Å²) in [4.78, 5) is 0. The van der Waals surface area contributed by atoms with Crippen molar-refractivity contribution >= 4 is 18.3 Å². The zero-order valence-corrected chi connectivity index (χ0v) is 13.5. The van der Waals surface area contributed by atoms with Crippen molar-refractivity contribution in [3.05, 3.63) is 18.2 Å². The molecule has 1 aliphatic carbocycles. The number of nitrogens with one attached hydrogen (secondary N) is 1. The molecule has 1 N–H and O–H groups in total. The summed E-state index contributed by atoms with van der Waals surface area (Å²) in [5, 5.41) is 3.20. The smallest absolute Gasteiger partial charge is 0.489 e. The summed E-state index contributed by atoms with van der Waals surface area (Å²) < 4.78 is 18.4. The van der Waals surface area contributed by atoms with Crippen molar-refractivity contribution in [1.29, 1.82) is 0 Å². The zero-order chi connectivity index (χ0) is 15.3. The standard InChI is InChI=1S/C16H24BNO3/c1-15(2)16(3,4)21-17(20-15)12-7-6-8-13(18-5)14(12)19-11-9-10-11/h6-8,11,18H,9-10H2,1-5H3. The molecule has 0 bridgehead atoms. The second-order valence-corrected chi connectivity index (χ2v) is 6.88. The van der Waals surface area contributed by atoms with Crippen LogP contribution in [0.25, 0.3) is 0 Å². The number of hydrogen-bond acceptors (Lipinski definition) is 4. The van der Waals surface area contributed by atoms with Crippen LogP contribution in [0.4, 0.5) is 5.69 Å². The highest BCUT2D eigenvalue weighted by Crippen LogP contribution is 2.38. The van der Waals surface area contributed by atoms with Crippen LogP contribution in [0.3, 0.4) is 0 Å². The van der Waals surface area contributed by atoms with Crippen molar-refractivity contribution in [1.82, 2.24) is 0 Å². The molecule has 0 atom stereocenters. The minimum Gasteiger partial charge on any atom is -0.489 e. The van der Waals surface area contributed by atoms with E-state index in [0.717, 1.165) is 29.7 Å². The van der Waals surface area contributed by atoms with Crippen molar-refractivity contribution < 1.29 is 14.0 Å². The summed E-state index contributed by atoms with van der Waals surface area (Å²) in [6.07, 6.45) is 2.59. The molecule has 0 unspecified atom stereocenters. The van der Waals surface area contributed by atoms with Crippen molar-refractivity contribution in [2.75, 3.05) is 12.4 Å². The van der Waals surface area contributed by atoms with Crippen molar-refractivity contribution in [3.63, 3.8) is 0 Å². The first kappa shape index (κ1) is 14.7. The molecular weight excluding hydrogens is 265 g/mol. The third-order valence-corrected chi connectivity index (χ3v) is 4.63. The van der Waals surface area contributed by atoms with Gasteiger partial charge < -0.3 is 19.4 Å². The van der Waals surface area contributed by atoms with Gasteiger partial charge in [-0.2, -0.15) is 0 Å². The third kappa shape index (κ3) is 2.65. The second-order valence-electron chi connectivity index (χ2n) is 6.88. The van der Waals surface area contributed by atoms with Crippen LogP contribution in [-0.2, 0) is 9.31 Å². The Labute approximate surface area is 127 Å². The number of ether oxygens (including phenoxy) is 1. The maximum Gasteiger partial charge on any atom is 0.498 e. The Morgan fingerprint density at radius 2 is 1.76 bits per heavy atom. The third-order valence-electron chi connectivity index (χ3n) is 4.63. The van der Waals surface area contributed by atoms with E-state index in [0.29, 0.717) is 6.10 Å². The number of para-hydroxylation sites is 1. The first-order valence-corrected chi connectivity index (χ1v) is 7.67. The Morgan fingerprint density at radius 1 is 1.14 bits per heavy atom. The fraction of sp³-hybridized carbons (Fsp3) is 0.625. The summed E-state index contributed by atoms with van der Waals surface area (Å²) in [6, 6.07) is 6.05. The summed E-state index contributed by atoms with van der Waals surface area (Å²) in [7, 11) is 1.51. The minimum absolute atomic E-state index is 0.334. The van der Waals surface area contributed by atoms with E-state index in [1.807, 2.05) is 25.2 Å². The van der Waals surface area contributed by atoms with Gasteiger partial charge in [0.15, 0.2) is 0 Å². The zero-order valence-electron chi connectivity index (χ0n) is 13.5. The number of rotatable bonds is 4. The Kier molecular flexibility index (Phi) is 3.45. The molecule has 2 fully saturated rings. The topological polar surface area (TPSA) is 39.7 Å². The van der Waals surface area contributed by atoms with Gasteiger partial charge in [-0.15, -0.1) is 0 Å². The minimum atomic E-state index is -0.392. The lowest BCUT2D eigenvalue weighted by atomic mass is 9.78. The van der Waals surface area contributed by atoms with Crippen LogP contribution in [0.5, 0.6) is 5.75 Å². The predicted octanol–water partition coefficient (Wildman–Crippen LogP) is 2.57. The number of anilines is 1. The Bertz CT molecular complexity index is 524. The quantitative estimate of drug-likeness (QED) is 0.865. The van der Waals surface area contributed by atoms with Gasteiger partial charge in [-0.25, -0.2) is 0 Å². The summed E-state index contributed by atoms with van der Waals surface area (Å²) in [5.74, 6) is 0.862. The Morgan fingerprint density at radius 3 is 2.29 bits per heavy atom. The first-order valence-electron chi connectivity index (χ1n) is 7.67. The molecule has 4 nitrogen and oxygen atoms in total. The highest BCUT2D eigenvalue weighted by molar-refractivity contribution is 6.63. The molecule has 21 heavy (non-hydrogen) atoms. The lowest BCUT2D eigenvalue weighted by molar-refractivity contribution is 0.00578. The molecule has 0 spiro atoms. The van der Waals surface area contributed by atoms with Gasteiger partial charge in [0.25, 0.3) is 0 Å². The molecule has 1 aliphatic heterocycles. The highest BCUT2D eigenvalue weighted by Gasteiger charge is 2.52. The van der Waals surface area contributed by atoms with Crippen molar-refractivity contribution in [3.8, 4) is 5.75 Å². The van der Waals surface area contributed by atoms with Gasteiger partial charge in [-0.3, -0.25) is 0 Å². The van der Waals surface area contributed by atoms with Gasteiger partial charge in [-0.1, -0.05) is 12.1 Å². The molecule has 114 valence electrons. The van der Waals surface area contributed by atoms with E-state index in [2.05, 4.69) is 33.0 Å². The van der Waals surface area contributed by atoms with Gasteiger partial charge in [-0.05, 0) is 46.6 Å². The number of hydrogen-bond donors (Lipinski definition) is 1. The molecular formula is C16H24BNO3. The van der Waals surface area contributed by atoms with E-state index in [1.165, 1.54) is 0 Å². The molecule has 1 saturated heterocycles. The molecule has 1 saturated carbocycles. The van der Waals surface area contributed by atoms with E-state index >= 15 is 0 Å². The van der Waals surface area contributed by atoms with Gasteiger partial charge in [0.2, 0.25) is 0 Å². The fourth-order valence-corrected chi connectivity index (χ4v) is 2.39. The van der Waals surface area contributed by atoms with Gasteiger partial charge in [0.1, 0.15) is 5.75 Å². The predicted molar refractivity (Wildman–Crippen MR) is 85.4 cm³/mol. The molecule has 2 aliphatic rings. The summed E-state index contributed by atoms with van der Waals surface area (Å²) >= 11 is 0. The Hall–Kier alpha value is -1.20. The fourth-order valence-electron chi connectivity index (χ4n) is 2.39. The molecule has 1 aromatic rings. The average Bonchev–Trinajstić information content (AvgIpc) is 3.17. The van der Waals surface area contributed by atoms with E-state index in [4.69, 9.17) is 14.0 Å². The number of benzene rings is 1. The summed E-state index contributed by atoms with van der Waals surface area (Å²) in [6.45, 7) is 8.26. The van der Waals surface area contributed by atoms with Gasteiger partial charge >= 0.3 is 7.12 Å². The SMILES string of the molecule is CNc1cccc(B2OC(C)(C)C(C)(C)O2)c1OC1CC1. The van der Waals surface area contributed by atoms with Crippen LogP contribution >= 0.6 is 0 Å². The molecule has 3 rings (SSSR count). The van der Waals surface area contributed by atoms with E-state index in [-0.39, 0.29) is 11.2 Å². The van der Waals surface area contributed by atoms with Crippen molar-refractivity contribution in [2.45, 2.75) is 57.8 Å². The van der Waals surface area contributed by atoms with Crippen LogP contribution in [-0.4, -0.2) is 31.5 Å². The lowest BCUT2D eigenvalue weighted by Gasteiger charge is -2.32. The largest absolute Gasteiger partial charge is 0.498 e. The van der Waals surface area contributed by atoms with Gasteiger partial charge in [0, 0.05) is 12.5 Å². The van der Waals surface area contributed by atoms with Crippen LogP contribution in [0.15, 0.2) is 18.2 Å².